The van der Waals surface area contributed by atoms with E-state index in [2.05, 4.69) is 20.3 Å². The minimum absolute atomic E-state index is 1.09. The molecule has 0 aromatic carbocycles. The molecule has 0 spiro atoms. The van der Waals surface area contributed by atoms with Gasteiger partial charge in [0, 0.05) is 0 Å². The van der Waals surface area contributed by atoms with Crippen LogP contribution in [0.1, 0.15) is 39.0 Å². The first kappa shape index (κ1) is 8.00. The van der Waals surface area contributed by atoms with Crippen LogP contribution in [-0.4, -0.2) is 0 Å². The van der Waals surface area contributed by atoms with E-state index in [1.165, 1.54) is 25.7 Å². The van der Waals surface area contributed by atoms with Crippen LogP contribution in [0.25, 0.3) is 0 Å². The second kappa shape index (κ2) is 7.00. The fraction of sp³-hybridized carbons (Fsp3) is 0.750. The Kier molecular flexibility index (Phi) is 7.00. The lowest BCUT2D eigenvalue weighted by Crippen LogP contribution is -1.75. The Balaban J connectivity index is 2.53. The zero-order chi connectivity index (χ0) is 6.24. The highest BCUT2D eigenvalue weighted by Gasteiger charge is 1.83. The standard InChI is InChI=1S/C8H16/c1-3-5-7-8-6-4-2/h6H,1,3-5,7-8H2,2H3. The van der Waals surface area contributed by atoms with Gasteiger partial charge in [-0.15, -0.1) is 0 Å². The fourth-order valence-corrected chi connectivity index (χ4v) is 0.670. The van der Waals surface area contributed by atoms with Crippen molar-refractivity contribution in [3.05, 3.63) is 13.3 Å². The molecule has 0 heteroatoms. The van der Waals surface area contributed by atoms with E-state index >= 15 is 0 Å². The Labute approximate surface area is 53.3 Å². The number of hydrogen-bond acceptors (Lipinski definition) is 0. The summed E-state index contributed by atoms with van der Waals surface area (Å²) in [5, 5.41) is 0. The second-order valence-corrected chi connectivity index (χ2v) is 2.05. The predicted octanol–water partition coefficient (Wildman–Crippen LogP) is 3.00. The Bertz CT molecular complexity index is 25.0. The Morgan fingerprint density at radius 3 is 2.62 bits per heavy atom. The third-order valence-electron chi connectivity index (χ3n) is 1.20. The van der Waals surface area contributed by atoms with Crippen LogP contribution in [0.3, 0.4) is 0 Å². The minimum Gasteiger partial charge on any atom is -0.0651 e. The lowest BCUT2D eigenvalue weighted by molar-refractivity contribution is 0.722. The Morgan fingerprint density at radius 1 is 1.38 bits per heavy atom. The van der Waals surface area contributed by atoms with E-state index in [0.29, 0.717) is 0 Å². The second-order valence-electron chi connectivity index (χ2n) is 2.05. The summed E-state index contributed by atoms with van der Waals surface area (Å²) in [5.74, 6) is 0. The van der Waals surface area contributed by atoms with Crippen molar-refractivity contribution in [1.29, 1.82) is 0 Å². The molecule has 0 saturated heterocycles. The summed E-state index contributed by atoms with van der Waals surface area (Å²) in [6.07, 6.45) is 8.55. The van der Waals surface area contributed by atoms with Crippen LogP contribution in [0, 0.1) is 13.3 Å². The normalized spacial score (nSPS) is 9.75. The van der Waals surface area contributed by atoms with Crippen LogP contribution in [0.4, 0.5) is 0 Å². The van der Waals surface area contributed by atoms with Crippen LogP contribution in [-0.2, 0) is 0 Å². The SMILES string of the molecule is [CH2]CCCC[CH]CC. The van der Waals surface area contributed by atoms with E-state index in [-0.39, 0.29) is 0 Å². The third kappa shape index (κ3) is 6.00. The smallest absolute Gasteiger partial charge is 0.0389 e. The average molecular weight is 112 g/mol. The van der Waals surface area contributed by atoms with Crippen LogP contribution in [0.2, 0.25) is 0 Å². The molecular weight excluding hydrogens is 96.1 g/mol. The maximum absolute atomic E-state index is 3.77. The molecule has 0 saturated carbocycles. The largest absolute Gasteiger partial charge is 0.0651 e. The lowest BCUT2D eigenvalue weighted by atomic mass is 10.1. The van der Waals surface area contributed by atoms with Gasteiger partial charge in [0.2, 0.25) is 0 Å². The van der Waals surface area contributed by atoms with Crippen LogP contribution in [0.5, 0.6) is 0 Å². The Hall–Kier alpha value is 0. The maximum atomic E-state index is 3.77. The summed E-state index contributed by atoms with van der Waals surface area (Å²) < 4.78 is 0. The summed E-state index contributed by atoms with van der Waals surface area (Å²) in [6.45, 7) is 5.95. The van der Waals surface area contributed by atoms with Crippen molar-refractivity contribution in [2.75, 3.05) is 0 Å². The summed E-state index contributed by atoms with van der Waals surface area (Å²) in [4.78, 5) is 0. The molecule has 0 aliphatic carbocycles. The van der Waals surface area contributed by atoms with E-state index in [4.69, 9.17) is 0 Å². The van der Waals surface area contributed by atoms with Crippen LogP contribution in [0.15, 0.2) is 0 Å². The zero-order valence-corrected chi connectivity index (χ0v) is 5.82. The van der Waals surface area contributed by atoms with Crippen molar-refractivity contribution in [3.8, 4) is 0 Å². The number of hydrogen-bond donors (Lipinski definition) is 0. The molecule has 0 unspecified atom stereocenters. The van der Waals surface area contributed by atoms with Gasteiger partial charge < -0.3 is 0 Å². The molecular formula is C8H16. The summed E-state index contributed by atoms with van der Waals surface area (Å²) in [7, 11) is 0. The first-order valence-electron chi connectivity index (χ1n) is 3.52. The quantitative estimate of drug-likeness (QED) is 0.479. The van der Waals surface area contributed by atoms with Crippen molar-refractivity contribution in [3.63, 3.8) is 0 Å². The van der Waals surface area contributed by atoms with Crippen LogP contribution < -0.4 is 0 Å². The van der Waals surface area contributed by atoms with Gasteiger partial charge in [-0.25, -0.2) is 0 Å². The molecule has 0 amide bonds. The molecule has 0 rings (SSSR count). The summed E-state index contributed by atoms with van der Waals surface area (Å²) in [5.41, 5.74) is 0. The molecule has 2 radical (unpaired) electrons. The highest BCUT2D eigenvalue weighted by atomic mass is 13.9. The van der Waals surface area contributed by atoms with Gasteiger partial charge in [0.25, 0.3) is 0 Å². The highest BCUT2D eigenvalue weighted by Crippen LogP contribution is 2.02. The molecule has 0 aliphatic heterocycles. The van der Waals surface area contributed by atoms with E-state index in [1.807, 2.05) is 0 Å². The molecule has 0 bridgehead atoms. The van der Waals surface area contributed by atoms with Gasteiger partial charge in [0.15, 0.2) is 0 Å². The molecule has 0 N–H and O–H groups in total. The zero-order valence-electron chi connectivity index (χ0n) is 5.82. The molecule has 0 aliphatic rings. The van der Waals surface area contributed by atoms with Gasteiger partial charge in [0.1, 0.15) is 0 Å². The first-order valence-corrected chi connectivity index (χ1v) is 3.52. The van der Waals surface area contributed by atoms with Gasteiger partial charge in [0.05, 0.1) is 0 Å². The van der Waals surface area contributed by atoms with Crippen molar-refractivity contribution in [2.45, 2.75) is 39.0 Å². The van der Waals surface area contributed by atoms with Gasteiger partial charge in [-0.05, 0) is 6.42 Å². The van der Waals surface area contributed by atoms with Crippen molar-refractivity contribution in [2.24, 2.45) is 0 Å². The Morgan fingerprint density at radius 2 is 2.12 bits per heavy atom. The van der Waals surface area contributed by atoms with Gasteiger partial charge in [-0.2, -0.15) is 0 Å². The van der Waals surface area contributed by atoms with Crippen LogP contribution >= 0.6 is 0 Å². The molecule has 8 heavy (non-hydrogen) atoms. The number of rotatable bonds is 5. The van der Waals surface area contributed by atoms with Crippen molar-refractivity contribution >= 4 is 0 Å². The van der Waals surface area contributed by atoms with E-state index in [0.717, 1.165) is 6.42 Å². The van der Waals surface area contributed by atoms with Gasteiger partial charge in [-0.3, -0.25) is 0 Å². The summed E-state index contributed by atoms with van der Waals surface area (Å²) >= 11 is 0. The molecule has 48 valence electrons. The first-order chi connectivity index (χ1) is 3.91. The molecule has 0 aromatic rings. The number of unbranched alkanes of at least 4 members (excludes halogenated alkanes) is 5. The van der Waals surface area contributed by atoms with E-state index in [1.54, 1.807) is 0 Å². The molecule has 0 aromatic heterocycles. The topological polar surface area (TPSA) is 0 Å². The fourth-order valence-electron chi connectivity index (χ4n) is 0.670. The van der Waals surface area contributed by atoms with Crippen molar-refractivity contribution < 1.29 is 0 Å². The minimum atomic E-state index is 1.09. The monoisotopic (exact) mass is 112 g/mol. The lowest BCUT2D eigenvalue weighted by Gasteiger charge is -1.93. The third-order valence-corrected chi connectivity index (χ3v) is 1.20. The predicted molar refractivity (Wildman–Crippen MR) is 38.4 cm³/mol. The van der Waals surface area contributed by atoms with Crippen molar-refractivity contribution in [1.82, 2.24) is 0 Å². The maximum Gasteiger partial charge on any atom is -0.0389 e. The molecule has 0 nitrogen and oxygen atoms in total. The molecule has 0 heterocycles. The molecule has 0 fully saturated rings. The van der Waals surface area contributed by atoms with Gasteiger partial charge >= 0.3 is 0 Å². The van der Waals surface area contributed by atoms with Gasteiger partial charge in [-0.1, -0.05) is 46.0 Å². The molecule has 0 atom stereocenters. The van der Waals surface area contributed by atoms with E-state index < -0.39 is 0 Å². The highest BCUT2D eigenvalue weighted by molar-refractivity contribution is 4.60. The van der Waals surface area contributed by atoms with E-state index in [9.17, 15) is 0 Å². The summed E-state index contributed by atoms with van der Waals surface area (Å²) in [6, 6.07) is 0. The average Bonchev–Trinajstić information content (AvgIpc) is 1.81.